The molecule has 0 amide bonds. The van der Waals surface area contributed by atoms with Crippen LogP contribution in [0.1, 0.15) is 0 Å². The molecule has 41 heavy (non-hydrogen) atoms. The standard InChI is InChI=1S/C39H28N2/c1-40(29-14-6-3-7-15-29)31-24-25-37-36(26-31)38-34-18-10-8-16-32(34)33-17-9-11-19-35(33)39(38)41(37)30-22-20-28(21-23-30)27-12-4-2-5-13-27/h2-26H,1H3. The molecule has 0 fully saturated rings. The molecule has 0 radical (unpaired) electrons. The van der Waals surface area contributed by atoms with Gasteiger partial charge in [-0.15, -0.1) is 0 Å². The summed E-state index contributed by atoms with van der Waals surface area (Å²) in [5.41, 5.74) is 8.40. The van der Waals surface area contributed by atoms with Gasteiger partial charge in [-0.05, 0) is 69.8 Å². The highest BCUT2D eigenvalue weighted by atomic mass is 15.1. The Morgan fingerprint density at radius 2 is 1.00 bits per heavy atom. The maximum absolute atomic E-state index is 2.46. The van der Waals surface area contributed by atoms with Crippen molar-refractivity contribution >= 4 is 54.7 Å². The van der Waals surface area contributed by atoms with Crippen molar-refractivity contribution in [3.8, 4) is 16.8 Å². The molecule has 0 spiro atoms. The molecule has 1 heterocycles. The van der Waals surface area contributed by atoms with Crippen LogP contribution in [0.5, 0.6) is 0 Å². The molecule has 1 aromatic heterocycles. The molecule has 0 aliphatic carbocycles. The molecular formula is C39H28N2. The van der Waals surface area contributed by atoms with Crippen LogP contribution >= 0.6 is 0 Å². The first-order valence-electron chi connectivity index (χ1n) is 14.1. The van der Waals surface area contributed by atoms with Gasteiger partial charge >= 0.3 is 0 Å². The fourth-order valence-electron chi connectivity index (χ4n) is 6.38. The van der Waals surface area contributed by atoms with E-state index in [2.05, 4.69) is 168 Å². The number of hydrogen-bond donors (Lipinski definition) is 0. The largest absolute Gasteiger partial charge is 0.345 e. The van der Waals surface area contributed by atoms with Crippen LogP contribution in [0.3, 0.4) is 0 Å². The van der Waals surface area contributed by atoms with Crippen LogP contribution < -0.4 is 4.90 Å². The molecule has 7 aromatic carbocycles. The predicted molar refractivity (Wildman–Crippen MR) is 176 cm³/mol. The number of benzene rings is 7. The summed E-state index contributed by atoms with van der Waals surface area (Å²) in [6, 6.07) is 54.7. The molecule has 0 saturated carbocycles. The number of aromatic nitrogens is 1. The van der Waals surface area contributed by atoms with Crippen LogP contribution in [-0.2, 0) is 0 Å². The van der Waals surface area contributed by atoms with Gasteiger partial charge in [-0.2, -0.15) is 0 Å². The van der Waals surface area contributed by atoms with Crippen molar-refractivity contribution in [1.29, 1.82) is 0 Å². The zero-order chi connectivity index (χ0) is 27.3. The second-order valence-electron chi connectivity index (χ2n) is 10.7. The zero-order valence-electron chi connectivity index (χ0n) is 22.8. The summed E-state index contributed by atoms with van der Waals surface area (Å²) in [6.45, 7) is 0. The van der Waals surface area contributed by atoms with Gasteiger partial charge in [0.1, 0.15) is 0 Å². The highest BCUT2D eigenvalue weighted by Crippen LogP contribution is 2.43. The van der Waals surface area contributed by atoms with Crippen molar-refractivity contribution in [2.75, 3.05) is 11.9 Å². The maximum atomic E-state index is 2.46. The average molecular weight is 525 g/mol. The topological polar surface area (TPSA) is 8.17 Å². The first kappa shape index (κ1) is 23.5. The lowest BCUT2D eigenvalue weighted by Crippen LogP contribution is -2.08. The monoisotopic (exact) mass is 524 g/mol. The van der Waals surface area contributed by atoms with Gasteiger partial charge < -0.3 is 9.47 Å². The Morgan fingerprint density at radius 1 is 0.439 bits per heavy atom. The van der Waals surface area contributed by atoms with Gasteiger partial charge in [0.25, 0.3) is 0 Å². The van der Waals surface area contributed by atoms with Crippen LogP contribution in [0.2, 0.25) is 0 Å². The second kappa shape index (κ2) is 9.39. The van der Waals surface area contributed by atoms with Crippen molar-refractivity contribution in [3.63, 3.8) is 0 Å². The van der Waals surface area contributed by atoms with Crippen molar-refractivity contribution < 1.29 is 0 Å². The highest BCUT2D eigenvalue weighted by Gasteiger charge is 2.20. The molecule has 0 atom stereocenters. The van der Waals surface area contributed by atoms with E-state index >= 15 is 0 Å². The Bertz CT molecular complexity index is 2190. The van der Waals surface area contributed by atoms with Gasteiger partial charge in [0.05, 0.1) is 11.0 Å². The van der Waals surface area contributed by atoms with Gasteiger partial charge in [-0.3, -0.25) is 0 Å². The molecule has 0 unspecified atom stereocenters. The quantitative estimate of drug-likeness (QED) is 0.208. The van der Waals surface area contributed by atoms with E-state index in [9.17, 15) is 0 Å². The molecule has 8 aromatic rings. The first-order chi connectivity index (χ1) is 20.3. The van der Waals surface area contributed by atoms with E-state index in [0.29, 0.717) is 0 Å². The lowest BCUT2D eigenvalue weighted by atomic mass is 9.96. The number of anilines is 2. The summed E-state index contributed by atoms with van der Waals surface area (Å²) in [4.78, 5) is 2.26. The van der Waals surface area contributed by atoms with Crippen LogP contribution in [-0.4, -0.2) is 11.6 Å². The van der Waals surface area contributed by atoms with E-state index in [-0.39, 0.29) is 0 Å². The van der Waals surface area contributed by atoms with Gasteiger partial charge in [-0.1, -0.05) is 109 Å². The molecule has 0 aliphatic rings. The van der Waals surface area contributed by atoms with Gasteiger partial charge in [0, 0.05) is 40.3 Å². The number of rotatable bonds is 4. The van der Waals surface area contributed by atoms with Crippen LogP contribution in [0.15, 0.2) is 152 Å². The third-order valence-corrected chi connectivity index (χ3v) is 8.38. The summed E-state index contributed by atoms with van der Waals surface area (Å²) in [5.74, 6) is 0. The normalized spacial score (nSPS) is 11.5. The lowest BCUT2D eigenvalue weighted by Gasteiger charge is -2.19. The van der Waals surface area contributed by atoms with E-state index in [0.717, 1.165) is 5.69 Å². The third-order valence-electron chi connectivity index (χ3n) is 8.38. The summed E-state index contributed by atoms with van der Waals surface area (Å²) in [5, 5.41) is 7.67. The van der Waals surface area contributed by atoms with E-state index in [4.69, 9.17) is 0 Å². The van der Waals surface area contributed by atoms with E-state index in [1.165, 1.54) is 65.9 Å². The lowest BCUT2D eigenvalue weighted by molar-refractivity contribution is 1.18. The molecular weight excluding hydrogens is 496 g/mol. The fraction of sp³-hybridized carbons (Fsp3) is 0.0256. The summed E-state index contributed by atoms with van der Waals surface area (Å²) >= 11 is 0. The summed E-state index contributed by atoms with van der Waals surface area (Å²) in [6.07, 6.45) is 0. The van der Waals surface area contributed by atoms with Crippen molar-refractivity contribution in [2.24, 2.45) is 0 Å². The average Bonchev–Trinajstić information content (AvgIpc) is 3.40. The smallest absolute Gasteiger partial charge is 0.0625 e. The number of fused-ring (bicyclic) bond motifs is 8. The Hall–Kier alpha value is -5.34. The Morgan fingerprint density at radius 3 is 1.71 bits per heavy atom. The van der Waals surface area contributed by atoms with E-state index in [1.54, 1.807) is 0 Å². The minimum absolute atomic E-state index is 1.16. The predicted octanol–water partition coefficient (Wildman–Crippen LogP) is 10.5. The molecule has 8 rings (SSSR count). The van der Waals surface area contributed by atoms with Crippen LogP contribution in [0, 0.1) is 0 Å². The number of hydrogen-bond acceptors (Lipinski definition) is 1. The van der Waals surface area contributed by atoms with Crippen molar-refractivity contribution in [2.45, 2.75) is 0 Å². The van der Waals surface area contributed by atoms with E-state index < -0.39 is 0 Å². The zero-order valence-corrected chi connectivity index (χ0v) is 22.8. The van der Waals surface area contributed by atoms with Gasteiger partial charge in [0.15, 0.2) is 0 Å². The minimum atomic E-state index is 1.16. The van der Waals surface area contributed by atoms with Crippen molar-refractivity contribution in [1.82, 2.24) is 4.57 Å². The first-order valence-corrected chi connectivity index (χ1v) is 14.1. The van der Waals surface area contributed by atoms with Crippen LogP contribution in [0.25, 0.3) is 60.2 Å². The third kappa shape index (κ3) is 3.72. The molecule has 2 heteroatoms. The molecule has 0 N–H and O–H groups in total. The molecule has 0 saturated heterocycles. The maximum Gasteiger partial charge on any atom is 0.0625 e. The molecule has 0 aliphatic heterocycles. The molecule has 194 valence electrons. The Labute approximate surface area is 239 Å². The SMILES string of the molecule is CN(c1ccccc1)c1ccc2c(c1)c1c3ccccc3c3ccccc3c1n2-c1ccc(-c2ccccc2)cc1. The minimum Gasteiger partial charge on any atom is -0.345 e. The molecule has 0 bridgehead atoms. The Balaban J connectivity index is 1.46. The number of nitrogens with zero attached hydrogens (tertiary/aromatic N) is 2. The molecule has 2 nitrogen and oxygen atoms in total. The number of para-hydroxylation sites is 1. The fourth-order valence-corrected chi connectivity index (χ4v) is 6.38. The summed E-state index contributed by atoms with van der Waals surface area (Å²) in [7, 11) is 2.14. The van der Waals surface area contributed by atoms with Crippen molar-refractivity contribution in [3.05, 3.63) is 152 Å². The second-order valence-corrected chi connectivity index (χ2v) is 10.7. The van der Waals surface area contributed by atoms with Gasteiger partial charge in [-0.25, -0.2) is 0 Å². The Kier molecular flexibility index (Phi) is 5.39. The highest BCUT2D eigenvalue weighted by molar-refractivity contribution is 6.32. The van der Waals surface area contributed by atoms with Gasteiger partial charge in [0.2, 0.25) is 0 Å². The van der Waals surface area contributed by atoms with E-state index in [1.807, 2.05) is 0 Å². The summed E-state index contributed by atoms with van der Waals surface area (Å²) < 4.78 is 2.46. The van der Waals surface area contributed by atoms with Crippen LogP contribution in [0.4, 0.5) is 11.4 Å².